The molecule has 2 aromatic rings. The molecule has 0 spiro atoms. The molecule has 0 aromatic carbocycles. The summed E-state index contributed by atoms with van der Waals surface area (Å²) in [5, 5.41) is 12.5. The summed E-state index contributed by atoms with van der Waals surface area (Å²) in [6, 6.07) is 3.81. The first kappa shape index (κ1) is 11.9. The van der Waals surface area contributed by atoms with Gasteiger partial charge in [-0.2, -0.15) is 28.2 Å². The number of hydrogen-bond acceptors (Lipinski definition) is 4. The van der Waals surface area contributed by atoms with E-state index in [4.69, 9.17) is 11.0 Å². The molecule has 0 bridgehead atoms. The molecule has 2 aromatic heterocycles. The second-order valence-electron chi connectivity index (χ2n) is 3.37. The predicted molar refractivity (Wildman–Crippen MR) is 55.5 cm³/mol. The Labute approximate surface area is 99.3 Å². The van der Waals surface area contributed by atoms with Gasteiger partial charge >= 0.3 is 6.18 Å². The van der Waals surface area contributed by atoms with Gasteiger partial charge in [-0.15, -0.1) is 0 Å². The minimum absolute atomic E-state index is 0.0322. The minimum atomic E-state index is -4.45. The van der Waals surface area contributed by atoms with Crippen LogP contribution in [-0.4, -0.2) is 14.8 Å². The lowest BCUT2D eigenvalue weighted by atomic mass is 10.3. The zero-order chi connectivity index (χ0) is 13.3. The fourth-order valence-electron chi connectivity index (χ4n) is 1.31. The van der Waals surface area contributed by atoms with Gasteiger partial charge in [-0.3, -0.25) is 0 Å². The molecule has 2 rings (SSSR count). The third-order valence-corrected chi connectivity index (χ3v) is 2.22. The Balaban J connectivity index is 2.41. The number of pyridine rings is 1. The summed E-state index contributed by atoms with van der Waals surface area (Å²) in [6.45, 7) is 0. The summed E-state index contributed by atoms with van der Waals surface area (Å²) in [6.07, 6.45) is -2.55. The second-order valence-corrected chi connectivity index (χ2v) is 3.37. The van der Waals surface area contributed by atoms with Crippen LogP contribution in [0.15, 0.2) is 24.5 Å². The molecule has 92 valence electrons. The number of rotatable bonds is 1. The van der Waals surface area contributed by atoms with Crippen molar-refractivity contribution in [3.8, 4) is 11.9 Å². The number of nitrogens with two attached hydrogens (primary N) is 1. The number of nitrogens with zero attached hydrogens (tertiary/aromatic N) is 4. The fraction of sp³-hybridized carbons (Fsp3) is 0.100. The Kier molecular flexibility index (Phi) is 2.67. The van der Waals surface area contributed by atoms with Crippen LogP contribution >= 0.6 is 0 Å². The summed E-state index contributed by atoms with van der Waals surface area (Å²) >= 11 is 0. The van der Waals surface area contributed by atoms with Gasteiger partial charge in [-0.1, -0.05) is 0 Å². The van der Waals surface area contributed by atoms with E-state index in [0.29, 0.717) is 6.20 Å². The molecule has 0 aliphatic rings. The average molecular weight is 253 g/mol. The molecular formula is C10H6F3N5. The van der Waals surface area contributed by atoms with Gasteiger partial charge in [0, 0.05) is 6.20 Å². The number of halogens is 3. The SMILES string of the molecule is N#Cc1cnn(-c2ccc(C(F)(F)F)cn2)c1N. The highest BCUT2D eigenvalue weighted by molar-refractivity contribution is 5.51. The van der Waals surface area contributed by atoms with Gasteiger partial charge in [0.2, 0.25) is 0 Å². The summed E-state index contributed by atoms with van der Waals surface area (Å²) in [5.74, 6) is 0.145. The fourth-order valence-corrected chi connectivity index (χ4v) is 1.31. The van der Waals surface area contributed by atoms with Gasteiger partial charge in [0.15, 0.2) is 5.82 Å². The molecule has 0 unspecified atom stereocenters. The van der Waals surface area contributed by atoms with Crippen LogP contribution in [0.2, 0.25) is 0 Å². The second kappa shape index (κ2) is 4.03. The van der Waals surface area contributed by atoms with Crippen molar-refractivity contribution in [3.63, 3.8) is 0 Å². The maximum absolute atomic E-state index is 12.3. The predicted octanol–water partition coefficient (Wildman–Crippen LogP) is 1.74. The smallest absolute Gasteiger partial charge is 0.382 e. The van der Waals surface area contributed by atoms with Gasteiger partial charge in [-0.05, 0) is 12.1 Å². The molecule has 0 saturated carbocycles. The van der Waals surface area contributed by atoms with Crippen LogP contribution in [0.25, 0.3) is 5.82 Å². The number of anilines is 1. The van der Waals surface area contributed by atoms with E-state index in [9.17, 15) is 13.2 Å². The molecule has 0 radical (unpaired) electrons. The van der Waals surface area contributed by atoms with E-state index in [-0.39, 0.29) is 17.2 Å². The lowest BCUT2D eigenvalue weighted by Gasteiger charge is -2.07. The lowest BCUT2D eigenvalue weighted by molar-refractivity contribution is -0.137. The molecular weight excluding hydrogens is 247 g/mol. The highest BCUT2D eigenvalue weighted by atomic mass is 19.4. The van der Waals surface area contributed by atoms with Gasteiger partial charge < -0.3 is 5.73 Å². The van der Waals surface area contributed by atoms with Crippen LogP contribution in [0.5, 0.6) is 0 Å². The molecule has 0 aliphatic carbocycles. The standard InChI is InChI=1S/C10H6F3N5/c11-10(12,13)7-1-2-8(16-5-7)18-9(15)6(3-14)4-17-18/h1-2,4-5H,15H2. The van der Waals surface area contributed by atoms with Crippen LogP contribution in [-0.2, 0) is 6.18 Å². The van der Waals surface area contributed by atoms with Crippen molar-refractivity contribution < 1.29 is 13.2 Å². The molecule has 8 heteroatoms. The number of hydrogen-bond donors (Lipinski definition) is 1. The molecule has 5 nitrogen and oxygen atoms in total. The first-order valence-electron chi connectivity index (χ1n) is 4.70. The van der Waals surface area contributed by atoms with E-state index in [1.54, 1.807) is 6.07 Å². The van der Waals surface area contributed by atoms with E-state index in [1.807, 2.05) is 0 Å². The maximum atomic E-state index is 12.3. The normalized spacial score (nSPS) is 11.2. The van der Waals surface area contributed by atoms with Crippen molar-refractivity contribution >= 4 is 5.82 Å². The summed E-state index contributed by atoms with van der Waals surface area (Å²) in [7, 11) is 0. The summed E-state index contributed by atoms with van der Waals surface area (Å²) in [4.78, 5) is 3.61. The monoisotopic (exact) mass is 253 g/mol. The number of nitriles is 1. The molecule has 0 atom stereocenters. The molecule has 0 saturated heterocycles. The first-order valence-corrected chi connectivity index (χ1v) is 4.70. The van der Waals surface area contributed by atoms with Crippen LogP contribution in [0.3, 0.4) is 0 Å². The Bertz CT molecular complexity index is 606. The zero-order valence-electron chi connectivity index (χ0n) is 8.81. The van der Waals surface area contributed by atoms with Crippen molar-refractivity contribution in [1.82, 2.24) is 14.8 Å². The first-order chi connectivity index (χ1) is 8.43. The van der Waals surface area contributed by atoms with Gasteiger partial charge in [0.1, 0.15) is 17.5 Å². The Morgan fingerprint density at radius 3 is 2.44 bits per heavy atom. The van der Waals surface area contributed by atoms with Crippen LogP contribution < -0.4 is 5.73 Å². The van der Waals surface area contributed by atoms with E-state index in [0.717, 1.165) is 16.8 Å². The maximum Gasteiger partial charge on any atom is 0.417 e. The molecule has 2 heterocycles. The summed E-state index contributed by atoms with van der Waals surface area (Å²) in [5.41, 5.74) is 4.86. The molecule has 0 aliphatic heterocycles. The average Bonchev–Trinajstić information content (AvgIpc) is 2.69. The third-order valence-electron chi connectivity index (χ3n) is 2.22. The summed E-state index contributed by atoms with van der Waals surface area (Å²) < 4.78 is 38.1. The molecule has 0 amide bonds. The molecule has 0 fully saturated rings. The van der Waals surface area contributed by atoms with Crippen molar-refractivity contribution in [2.75, 3.05) is 5.73 Å². The Morgan fingerprint density at radius 2 is 2.00 bits per heavy atom. The largest absolute Gasteiger partial charge is 0.417 e. The number of aromatic nitrogens is 3. The van der Waals surface area contributed by atoms with Crippen molar-refractivity contribution in [2.45, 2.75) is 6.18 Å². The van der Waals surface area contributed by atoms with Crippen molar-refractivity contribution in [3.05, 3.63) is 35.7 Å². The lowest BCUT2D eigenvalue weighted by Crippen LogP contribution is -2.08. The Hall–Kier alpha value is -2.56. The quantitative estimate of drug-likeness (QED) is 0.839. The van der Waals surface area contributed by atoms with E-state index in [2.05, 4.69) is 10.1 Å². The van der Waals surface area contributed by atoms with Crippen LogP contribution in [0.1, 0.15) is 11.1 Å². The Morgan fingerprint density at radius 1 is 1.28 bits per heavy atom. The highest BCUT2D eigenvalue weighted by Crippen LogP contribution is 2.28. The third kappa shape index (κ3) is 1.98. The van der Waals surface area contributed by atoms with Gasteiger partial charge in [0.25, 0.3) is 0 Å². The topological polar surface area (TPSA) is 80.5 Å². The van der Waals surface area contributed by atoms with E-state index >= 15 is 0 Å². The van der Waals surface area contributed by atoms with Crippen LogP contribution in [0.4, 0.5) is 19.0 Å². The number of alkyl halides is 3. The zero-order valence-corrected chi connectivity index (χ0v) is 8.81. The van der Waals surface area contributed by atoms with Gasteiger partial charge in [0.05, 0.1) is 11.8 Å². The minimum Gasteiger partial charge on any atom is -0.382 e. The highest BCUT2D eigenvalue weighted by Gasteiger charge is 2.30. The van der Waals surface area contributed by atoms with Crippen molar-refractivity contribution in [1.29, 1.82) is 5.26 Å². The van der Waals surface area contributed by atoms with Gasteiger partial charge in [-0.25, -0.2) is 4.98 Å². The van der Waals surface area contributed by atoms with Crippen LogP contribution in [0, 0.1) is 11.3 Å². The van der Waals surface area contributed by atoms with E-state index < -0.39 is 11.7 Å². The molecule has 18 heavy (non-hydrogen) atoms. The molecule has 2 N–H and O–H groups in total. The van der Waals surface area contributed by atoms with Crippen molar-refractivity contribution in [2.24, 2.45) is 0 Å². The number of nitrogen functional groups attached to an aromatic ring is 1. The van der Waals surface area contributed by atoms with E-state index in [1.165, 1.54) is 6.20 Å².